The number of aryl methyl sites for hydroxylation is 2. The van der Waals surface area contributed by atoms with Gasteiger partial charge in [0.1, 0.15) is 0 Å². The summed E-state index contributed by atoms with van der Waals surface area (Å²) in [5, 5.41) is 2.72. The van der Waals surface area contributed by atoms with Gasteiger partial charge in [-0.2, -0.15) is 0 Å². The summed E-state index contributed by atoms with van der Waals surface area (Å²) in [6.45, 7) is 6.56. The van der Waals surface area contributed by atoms with E-state index in [1.54, 1.807) is 11.8 Å². The first kappa shape index (κ1) is 21.7. The summed E-state index contributed by atoms with van der Waals surface area (Å²) in [5.41, 5.74) is 2.30. The lowest BCUT2D eigenvalue weighted by atomic mass is 10.1. The number of carbonyl (C=O) groups excluding carboxylic acids is 3. The van der Waals surface area contributed by atoms with Gasteiger partial charge in [-0.05, 0) is 25.3 Å². The van der Waals surface area contributed by atoms with Crippen LogP contribution in [0, 0.1) is 12.8 Å². The van der Waals surface area contributed by atoms with E-state index in [0.717, 1.165) is 5.56 Å². The van der Waals surface area contributed by atoms with Crippen molar-refractivity contribution in [3.8, 4) is 0 Å². The van der Waals surface area contributed by atoms with Crippen molar-refractivity contribution in [2.75, 3.05) is 26.7 Å². The number of esters is 1. The van der Waals surface area contributed by atoms with Crippen molar-refractivity contribution in [3.63, 3.8) is 0 Å². The Bertz CT molecular complexity index is 598. The average molecular weight is 362 g/mol. The number of benzene rings is 1. The van der Waals surface area contributed by atoms with Crippen molar-refractivity contribution < 1.29 is 19.1 Å². The van der Waals surface area contributed by atoms with Crippen LogP contribution in [0.3, 0.4) is 0 Å². The number of hydrogen-bond acceptors (Lipinski definition) is 4. The minimum Gasteiger partial charge on any atom is -0.469 e. The normalized spacial score (nSPS) is 11.5. The summed E-state index contributed by atoms with van der Waals surface area (Å²) in [4.78, 5) is 37.0. The maximum atomic E-state index is 12.6. The molecule has 1 aromatic carbocycles. The van der Waals surface area contributed by atoms with Gasteiger partial charge in [0.05, 0.1) is 13.0 Å². The van der Waals surface area contributed by atoms with Crippen molar-refractivity contribution >= 4 is 17.8 Å². The van der Waals surface area contributed by atoms with Gasteiger partial charge in [0.25, 0.3) is 0 Å². The maximum Gasteiger partial charge on any atom is 0.310 e. The van der Waals surface area contributed by atoms with E-state index in [-0.39, 0.29) is 23.7 Å². The van der Waals surface area contributed by atoms with E-state index in [9.17, 15) is 14.4 Å². The highest BCUT2D eigenvalue weighted by molar-refractivity contribution is 5.78. The monoisotopic (exact) mass is 362 g/mol. The molecule has 2 amide bonds. The van der Waals surface area contributed by atoms with E-state index >= 15 is 0 Å². The second-order valence-corrected chi connectivity index (χ2v) is 6.59. The molecule has 1 atom stereocenters. The summed E-state index contributed by atoms with van der Waals surface area (Å²) < 4.78 is 4.76. The van der Waals surface area contributed by atoms with Crippen LogP contribution >= 0.6 is 0 Å². The predicted molar refractivity (Wildman–Crippen MR) is 101 cm³/mol. The molecule has 0 fully saturated rings. The number of nitrogens with zero attached hydrogens (tertiary/aromatic N) is 1. The number of methoxy groups -OCH3 is 1. The molecule has 0 aliphatic heterocycles. The van der Waals surface area contributed by atoms with Crippen LogP contribution in [0.2, 0.25) is 0 Å². The van der Waals surface area contributed by atoms with Gasteiger partial charge in [-0.3, -0.25) is 14.4 Å². The molecule has 1 aromatic rings. The molecule has 0 radical (unpaired) electrons. The Morgan fingerprint density at radius 3 is 2.42 bits per heavy atom. The fourth-order valence-electron chi connectivity index (χ4n) is 2.62. The third kappa shape index (κ3) is 8.14. The van der Waals surface area contributed by atoms with Crippen LogP contribution in [-0.4, -0.2) is 49.4 Å². The molecule has 144 valence electrons. The molecule has 0 aromatic heterocycles. The summed E-state index contributed by atoms with van der Waals surface area (Å²) in [6, 6.07) is 8.12. The van der Waals surface area contributed by atoms with Crippen LogP contribution in [0.1, 0.15) is 37.8 Å². The Balaban J connectivity index is 2.61. The molecule has 0 heterocycles. The molecule has 0 spiro atoms. The quantitative estimate of drug-likeness (QED) is 0.511. The Hall–Kier alpha value is -2.37. The van der Waals surface area contributed by atoms with Crippen LogP contribution in [0.5, 0.6) is 0 Å². The smallest absolute Gasteiger partial charge is 0.310 e. The minimum absolute atomic E-state index is 0.00385. The highest BCUT2D eigenvalue weighted by atomic mass is 16.5. The van der Waals surface area contributed by atoms with Gasteiger partial charge in [-0.1, -0.05) is 36.8 Å². The first-order valence-electron chi connectivity index (χ1n) is 8.99. The SMILES string of the molecule is COC(=O)C(C)CN(CCCNC(C)=O)C(=O)CCc1ccc(C)cc1. The third-order valence-corrected chi connectivity index (χ3v) is 4.18. The Morgan fingerprint density at radius 2 is 1.85 bits per heavy atom. The van der Waals surface area contributed by atoms with Crippen LogP contribution in [0.4, 0.5) is 0 Å². The van der Waals surface area contributed by atoms with E-state index < -0.39 is 0 Å². The maximum absolute atomic E-state index is 12.6. The molecule has 0 aliphatic carbocycles. The number of rotatable bonds is 10. The zero-order valence-corrected chi connectivity index (χ0v) is 16.2. The standard InChI is InChI=1S/C20H30N2O4/c1-15-6-8-18(9-7-15)10-11-19(24)22(13-5-12-21-17(3)23)14-16(2)20(25)26-4/h6-9,16H,5,10-14H2,1-4H3,(H,21,23). The molecule has 0 saturated carbocycles. The van der Waals surface area contributed by atoms with Crippen LogP contribution < -0.4 is 5.32 Å². The van der Waals surface area contributed by atoms with E-state index in [4.69, 9.17) is 4.74 Å². The van der Waals surface area contributed by atoms with Gasteiger partial charge in [0, 0.05) is 33.0 Å². The molecule has 0 bridgehead atoms. The Labute approximate surface area is 155 Å². The van der Waals surface area contributed by atoms with E-state index in [1.165, 1.54) is 19.6 Å². The highest BCUT2D eigenvalue weighted by Gasteiger charge is 2.21. The van der Waals surface area contributed by atoms with Gasteiger partial charge in [0.15, 0.2) is 0 Å². The molecule has 26 heavy (non-hydrogen) atoms. The summed E-state index contributed by atoms with van der Waals surface area (Å²) in [5.74, 6) is -0.804. The van der Waals surface area contributed by atoms with Crippen LogP contribution in [0.25, 0.3) is 0 Å². The van der Waals surface area contributed by atoms with Crippen LogP contribution in [-0.2, 0) is 25.5 Å². The molecule has 1 N–H and O–H groups in total. The number of hydrogen-bond donors (Lipinski definition) is 1. The zero-order valence-electron chi connectivity index (χ0n) is 16.2. The minimum atomic E-state index is -0.385. The van der Waals surface area contributed by atoms with E-state index in [2.05, 4.69) is 5.32 Å². The first-order valence-corrected chi connectivity index (χ1v) is 8.99. The molecule has 6 heteroatoms. The number of nitrogens with one attached hydrogen (secondary N) is 1. The topological polar surface area (TPSA) is 75.7 Å². The van der Waals surface area contributed by atoms with Crippen molar-refractivity contribution in [2.24, 2.45) is 5.92 Å². The van der Waals surface area contributed by atoms with Crippen molar-refractivity contribution in [1.29, 1.82) is 0 Å². The van der Waals surface area contributed by atoms with Gasteiger partial charge in [-0.25, -0.2) is 0 Å². The largest absolute Gasteiger partial charge is 0.469 e. The molecule has 1 unspecified atom stereocenters. The summed E-state index contributed by atoms with van der Waals surface area (Å²) in [7, 11) is 1.35. The molecule has 1 rings (SSSR count). The Kier molecular flexibility index (Phi) is 9.41. The number of carbonyl (C=O) groups is 3. The van der Waals surface area contributed by atoms with E-state index in [0.29, 0.717) is 38.9 Å². The number of ether oxygens (including phenoxy) is 1. The van der Waals surface area contributed by atoms with Gasteiger partial charge < -0.3 is 15.0 Å². The van der Waals surface area contributed by atoms with Crippen LogP contribution in [0.15, 0.2) is 24.3 Å². The van der Waals surface area contributed by atoms with Crippen molar-refractivity contribution in [2.45, 2.75) is 40.0 Å². The fourth-order valence-corrected chi connectivity index (χ4v) is 2.62. The zero-order chi connectivity index (χ0) is 19.5. The van der Waals surface area contributed by atoms with Crippen molar-refractivity contribution in [3.05, 3.63) is 35.4 Å². The first-order chi connectivity index (χ1) is 12.3. The number of amides is 2. The van der Waals surface area contributed by atoms with E-state index in [1.807, 2.05) is 31.2 Å². The lowest BCUT2D eigenvalue weighted by Gasteiger charge is -2.25. The van der Waals surface area contributed by atoms with Gasteiger partial charge >= 0.3 is 5.97 Å². The predicted octanol–water partition coefficient (Wildman–Crippen LogP) is 2.09. The third-order valence-electron chi connectivity index (χ3n) is 4.18. The Morgan fingerprint density at radius 1 is 1.19 bits per heavy atom. The molecular formula is C20H30N2O4. The highest BCUT2D eigenvalue weighted by Crippen LogP contribution is 2.10. The van der Waals surface area contributed by atoms with Gasteiger partial charge in [-0.15, -0.1) is 0 Å². The lowest BCUT2D eigenvalue weighted by molar-refractivity contribution is -0.146. The van der Waals surface area contributed by atoms with Gasteiger partial charge in [0.2, 0.25) is 11.8 Å². The molecule has 6 nitrogen and oxygen atoms in total. The molecular weight excluding hydrogens is 332 g/mol. The fraction of sp³-hybridized carbons (Fsp3) is 0.550. The molecule has 0 aliphatic rings. The molecule has 0 saturated heterocycles. The second kappa shape index (κ2) is 11.3. The summed E-state index contributed by atoms with van der Waals surface area (Å²) in [6.07, 6.45) is 1.69. The average Bonchev–Trinajstić information content (AvgIpc) is 2.62. The summed E-state index contributed by atoms with van der Waals surface area (Å²) >= 11 is 0. The van der Waals surface area contributed by atoms with Crippen molar-refractivity contribution in [1.82, 2.24) is 10.2 Å². The lowest BCUT2D eigenvalue weighted by Crippen LogP contribution is -2.39. The second-order valence-electron chi connectivity index (χ2n) is 6.59.